The number of carbonyl (C=O) groups is 1. The number of aromatic nitrogens is 1. The first kappa shape index (κ1) is 16.6. The first-order valence-electron chi connectivity index (χ1n) is 7.72. The third-order valence-corrected chi connectivity index (χ3v) is 6.39. The quantitative estimate of drug-likeness (QED) is 0.896. The van der Waals surface area contributed by atoms with Gasteiger partial charge < -0.3 is 10.1 Å². The molecule has 1 aliphatic carbocycles. The van der Waals surface area contributed by atoms with E-state index in [1.54, 1.807) is 29.8 Å². The van der Waals surface area contributed by atoms with E-state index in [-0.39, 0.29) is 23.5 Å². The van der Waals surface area contributed by atoms with Gasteiger partial charge in [0.15, 0.2) is 0 Å². The van der Waals surface area contributed by atoms with Gasteiger partial charge in [-0.05, 0) is 11.4 Å². The molecule has 1 saturated carbocycles. The number of hydrogen-bond acceptors (Lipinski definition) is 5. The van der Waals surface area contributed by atoms with Gasteiger partial charge in [-0.1, -0.05) is 20.8 Å². The van der Waals surface area contributed by atoms with E-state index < -0.39 is 0 Å². The molecule has 0 aliphatic heterocycles. The summed E-state index contributed by atoms with van der Waals surface area (Å²) < 4.78 is 5.53. The van der Waals surface area contributed by atoms with Crippen molar-refractivity contribution in [3.63, 3.8) is 0 Å². The summed E-state index contributed by atoms with van der Waals surface area (Å²) in [6.45, 7) is 6.41. The molecule has 0 saturated heterocycles. The summed E-state index contributed by atoms with van der Waals surface area (Å²) >= 11 is 3.24. The third-order valence-electron chi connectivity index (χ3n) is 4.77. The molecular weight excluding hydrogens is 328 g/mol. The van der Waals surface area contributed by atoms with Crippen LogP contribution in [0.25, 0.3) is 10.6 Å². The van der Waals surface area contributed by atoms with Crippen LogP contribution >= 0.6 is 22.7 Å². The van der Waals surface area contributed by atoms with E-state index in [2.05, 4.69) is 42.5 Å². The molecule has 0 aromatic carbocycles. The summed E-state index contributed by atoms with van der Waals surface area (Å²) in [4.78, 5) is 16.9. The van der Waals surface area contributed by atoms with Crippen LogP contribution in [-0.4, -0.2) is 30.1 Å². The van der Waals surface area contributed by atoms with Crippen LogP contribution in [0.1, 0.15) is 26.5 Å². The highest BCUT2D eigenvalue weighted by Gasteiger charge is 2.55. The fourth-order valence-corrected chi connectivity index (χ4v) is 5.25. The second-order valence-electron chi connectivity index (χ2n) is 6.71. The summed E-state index contributed by atoms with van der Waals surface area (Å²) in [5.41, 5.74) is 1.93. The molecule has 23 heavy (non-hydrogen) atoms. The number of methoxy groups -OCH3 is 1. The molecule has 2 aromatic rings. The molecule has 3 atom stereocenters. The maximum Gasteiger partial charge on any atom is 0.226 e. The van der Waals surface area contributed by atoms with Crippen molar-refractivity contribution in [2.75, 3.05) is 7.11 Å². The Labute approximate surface area is 144 Å². The lowest BCUT2D eigenvalue weighted by Gasteiger charge is -2.56. The molecule has 1 amide bonds. The van der Waals surface area contributed by atoms with Crippen LogP contribution < -0.4 is 5.32 Å². The van der Waals surface area contributed by atoms with Crippen molar-refractivity contribution in [3.05, 3.63) is 27.9 Å². The number of rotatable bonds is 5. The summed E-state index contributed by atoms with van der Waals surface area (Å²) in [6, 6.07) is 2.20. The smallest absolute Gasteiger partial charge is 0.226 e. The molecule has 1 aliphatic rings. The highest BCUT2D eigenvalue weighted by Crippen LogP contribution is 2.46. The number of thiophene rings is 1. The van der Waals surface area contributed by atoms with E-state index in [0.29, 0.717) is 12.3 Å². The number of carbonyl (C=O) groups excluding carboxylic acids is 1. The predicted octanol–water partition coefficient (Wildman–Crippen LogP) is 3.59. The van der Waals surface area contributed by atoms with Crippen LogP contribution in [0.4, 0.5) is 0 Å². The first-order chi connectivity index (χ1) is 10.9. The molecule has 1 fully saturated rings. The second-order valence-corrected chi connectivity index (χ2v) is 8.35. The lowest BCUT2D eigenvalue weighted by Crippen LogP contribution is -2.68. The van der Waals surface area contributed by atoms with E-state index in [1.807, 2.05) is 10.8 Å². The van der Waals surface area contributed by atoms with Crippen molar-refractivity contribution >= 4 is 28.6 Å². The minimum atomic E-state index is -0.0340. The maximum absolute atomic E-state index is 12.4. The van der Waals surface area contributed by atoms with Crippen molar-refractivity contribution < 1.29 is 9.53 Å². The normalized spacial score (nSPS) is 25.8. The highest BCUT2D eigenvalue weighted by atomic mass is 32.1. The molecule has 0 unspecified atom stereocenters. The molecule has 4 nitrogen and oxygen atoms in total. The van der Waals surface area contributed by atoms with E-state index in [9.17, 15) is 4.79 Å². The zero-order chi connectivity index (χ0) is 16.6. The fourth-order valence-electron chi connectivity index (χ4n) is 3.72. The van der Waals surface area contributed by atoms with Gasteiger partial charge >= 0.3 is 0 Å². The molecule has 2 heterocycles. The van der Waals surface area contributed by atoms with Crippen LogP contribution in [0.2, 0.25) is 0 Å². The minimum Gasteiger partial charge on any atom is -0.380 e. The SMILES string of the molecule is CO[C@@H]1[C@@H](C)[C@H](NC(=O)Cc2csc(-c3ccsc3)n2)C1(C)C. The Morgan fingerprint density at radius 1 is 1.43 bits per heavy atom. The lowest BCUT2D eigenvalue weighted by atomic mass is 9.58. The predicted molar refractivity (Wildman–Crippen MR) is 94.8 cm³/mol. The van der Waals surface area contributed by atoms with Gasteiger partial charge in [0.25, 0.3) is 0 Å². The van der Waals surface area contributed by atoms with Crippen molar-refractivity contribution in [1.29, 1.82) is 0 Å². The molecule has 6 heteroatoms. The summed E-state index contributed by atoms with van der Waals surface area (Å²) in [5.74, 6) is 0.363. The van der Waals surface area contributed by atoms with Gasteiger partial charge in [0.2, 0.25) is 5.91 Å². The molecule has 124 valence electrons. The molecular formula is C17H22N2O2S2. The largest absolute Gasteiger partial charge is 0.380 e. The lowest BCUT2D eigenvalue weighted by molar-refractivity contribution is -0.154. The maximum atomic E-state index is 12.4. The van der Waals surface area contributed by atoms with Gasteiger partial charge in [-0.3, -0.25) is 4.79 Å². The Morgan fingerprint density at radius 3 is 2.83 bits per heavy atom. The molecule has 1 N–H and O–H groups in total. The Hall–Kier alpha value is -1.24. The highest BCUT2D eigenvalue weighted by molar-refractivity contribution is 7.14. The number of thiazole rings is 1. The van der Waals surface area contributed by atoms with Gasteiger partial charge in [0.05, 0.1) is 18.2 Å². The van der Waals surface area contributed by atoms with Gasteiger partial charge in [-0.25, -0.2) is 4.98 Å². The zero-order valence-electron chi connectivity index (χ0n) is 13.8. The number of nitrogens with one attached hydrogen (secondary N) is 1. The van der Waals surface area contributed by atoms with Crippen LogP contribution in [-0.2, 0) is 16.0 Å². The Bertz CT molecular complexity index is 679. The van der Waals surface area contributed by atoms with Gasteiger partial charge in [0, 0.05) is 40.8 Å². The Kier molecular flexibility index (Phi) is 4.58. The average Bonchev–Trinajstić information content (AvgIpc) is 3.15. The Balaban J connectivity index is 1.60. The second kappa shape index (κ2) is 6.34. The van der Waals surface area contributed by atoms with Gasteiger partial charge in [-0.15, -0.1) is 11.3 Å². The van der Waals surface area contributed by atoms with Crippen LogP contribution in [0.3, 0.4) is 0 Å². The summed E-state index contributed by atoms with van der Waals surface area (Å²) in [7, 11) is 1.74. The molecule has 2 aromatic heterocycles. The number of nitrogens with zero attached hydrogens (tertiary/aromatic N) is 1. The molecule has 0 bridgehead atoms. The van der Waals surface area contributed by atoms with Crippen molar-refractivity contribution in [2.45, 2.75) is 39.3 Å². The standard InChI is InChI=1S/C17H22N2O2S2/c1-10-14(17(2,3)15(10)21-4)19-13(20)7-12-9-23-16(18-12)11-5-6-22-8-11/h5-6,8-10,14-15H,7H2,1-4H3,(H,19,20)/t10-,14-,15+/m0/s1. The van der Waals surface area contributed by atoms with E-state index in [1.165, 1.54) is 0 Å². The summed E-state index contributed by atoms with van der Waals surface area (Å²) in [5, 5.41) is 10.2. The van der Waals surface area contributed by atoms with Crippen molar-refractivity contribution in [2.24, 2.45) is 11.3 Å². The van der Waals surface area contributed by atoms with E-state index in [4.69, 9.17) is 4.74 Å². The van der Waals surface area contributed by atoms with E-state index >= 15 is 0 Å². The number of hydrogen-bond donors (Lipinski definition) is 1. The molecule has 0 radical (unpaired) electrons. The summed E-state index contributed by atoms with van der Waals surface area (Å²) in [6.07, 6.45) is 0.523. The topological polar surface area (TPSA) is 51.2 Å². The van der Waals surface area contributed by atoms with Crippen LogP contribution in [0.5, 0.6) is 0 Å². The minimum absolute atomic E-state index is 0.0339. The van der Waals surface area contributed by atoms with Gasteiger partial charge in [-0.2, -0.15) is 11.3 Å². The van der Waals surface area contributed by atoms with Crippen molar-refractivity contribution in [3.8, 4) is 10.6 Å². The molecule has 0 spiro atoms. The average molecular weight is 351 g/mol. The Morgan fingerprint density at radius 2 is 2.22 bits per heavy atom. The monoisotopic (exact) mass is 350 g/mol. The van der Waals surface area contributed by atoms with Crippen LogP contribution in [0, 0.1) is 11.3 Å². The third kappa shape index (κ3) is 3.07. The zero-order valence-corrected chi connectivity index (χ0v) is 15.5. The first-order valence-corrected chi connectivity index (χ1v) is 9.55. The number of amides is 1. The van der Waals surface area contributed by atoms with Gasteiger partial charge in [0.1, 0.15) is 5.01 Å². The fraction of sp³-hybridized carbons (Fsp3) is 0.529. The van der Waals surface area contributed by atoms with Crippen LogP contribution in [0.15, 0.2) is 22.2 Å². The number of ether oxygens (including phenoxy) is 1. The molecule has 3 rings (SSSR count). The van der Waals surface area contributed by atoms with E-state index in [0.717, 1.165) is 16.3 Å². The van der Waals surface area contributed by atoms with Crippen molar-refractivity contribution in [1.82, 2.24) is 10.3 Å².